The van der Waals surface area contributed by atoms with Gasteiger partial charge in [-0.25, -0.2) is 4.57 Å². The quantitative estimate of drug-likeness (QED) is 0.689. The van der Waals surface area contributed by atoms with E-state index in [0.717, 1.165) is 0 Å². The smallest absolute Gasteiger partial charge is 0.201 e. The first-order chi connectivity index (χ1) is 8.09. The molecule has 0 aliphatic carbocycles. The molecule has 0 atom stereocenters. The van der Waals surface area contributed by atoms with Gasteiger partial charge in [-0.15, -0.1) is 0 Å². The molecule has 0 N–H and O–H groups in total. The van der Waals surface area contributed by atoms with E-state index < -0.39 is 0 Å². The Morgan fingerprint density at radius 1 is 1.06 bits per heavy atom. The van der Waals surface area contributed by atoms with Crippen LogP contribution in [0.15, 0.2) is 42.6 Å². The average molecular weight is 226 g/mol. The van der Waals surface area contributed by atoms with Gasteiger partial charge in [0.2, 0.25) is 5.69 Å². The first-order valence-corrected chi connectivity index (χ1v) is 6.15. The summed E-state index contributed by atoms with van der Waals surface area (Å²) in [5.74, 6) is 0.573. The Kier molecular flexibility index (Phi) is 3.28. The van der Waals surface area contributed by atoms with Crippen molar-refractivity contribution in [2.24, 2.45) is 7.05 Å². The summed E-state index contributed by atoms with van der Waals surface area (Å²) in [6.07, 6.45) is 2.09. The minimum atomic E-state index is 0.573. The zero-order chi connectivity index (χ0) is 12.4. The summed E-state index contributed by atoms with van der Waals surface area (Å²) in [7, 11) is 2.09. The van der Waals surface area contributed by atoms with Crippen LogP contribution in [0.1, 0.15) is 30.9 Å². The fourth-order valence-corrected chi connectivity index (χ4v) is 2.08. The minimum Gasteiger partial charge on any atom is -0.201 e. The Balaban J connectivity index is 2.59. The molecule has 1 nitrogen and oxygen atoms in total. The molecule has 0 amide bonds. The van der Waals surface area contributed by atoms with E-state index in [4.69, 9.17) is 0 Å². The third kappa shape index (κ3) is 2.38. The van der Waals surface area contributed by atoms with Gasteiger partial charge in [-0.05, 0) is 36.1 Å². The number of hydrogen-bond donors (Lipinski definition) is 0. The predicted octanol–water partition coefficient (Wildman–Crippen LogP) is 3.61. The number of hydrogen-bond acceptors (Lipinski definition) is 0. The van der Waals surface area contributed by atoms with Crippen molar-refractivity contribution in [2.45, 2.75) is 26.7 Å². The Bertz CT molecular complexity index is 527. The van der Waals surface area contributed by atoms with Crippen LogP contribution in [-0.2, 0) is 7.05 Å². The van der Waals surface area contributed by atoms with E-state index in [1.165, 1.54) is 22.4 Å². The first-order valence-electron chi connectivity index (χ1n) is 6.15. The molecule has 0 saturated carbocycles. The SMILES string of the molecule is Cc1ccc(C(C)C)cc1-c1cccc[n+]1C. The minimum absolute atomic E-state index is 0.573. The molecule has 0 unspecified atom stereocenters. The summed E-state index contributed by atoms with van der Waals surface area (Å²) in [6, 6.07) is 13.1. The number of benzene rings is 1. The molecule has 2 rings (SSSR count). The second-order valence-electron chi connectivity index (χ2n) is 4.93. The monoisotopic (exact) mass is 226 g/mol. The van der Waals surface area contributed by atoms with E-state index in [0.29, 0.717) is 5.92 Å². The van der Waals surface area contributed by atoms with E-state index in [9.17, 15) is 0 Å². The Morgan fingerprint density at radius 2 is 1.82 bits per heavy atom. The van der Waals surface area contributed by atoms with E-state index in [1.807, 2.05) is 0 Å². The lowest BCUT2D eigenvalue weighted by atomic mass is 9.96. The van der Waals surface area contributed by atoms with Gasteiger partial charge in [-0.1, -0.05) is 26.0 Å². The van der Waals surface area contributed by atoms with Crippen molar-refractivity contribution in [1.29, 1.82) is 0 Å². The van der Waals surface area contributed by atoms with Crippen molar-refractivity contribution < 1.29 is 4.57 Å². The van der Waals surface area contributed by atoms with Crippen molar-refractivity contribution in [3.8, 4) is 11.3 Å². The molecule has 0 fully saturated rings. The Morgan fingerprint density at radius 3 is 2.47 bits per heavy atom. The summed E-state index contributed by atoms with van der Waals surface area (Å²) in [4.78, 5) is 0. The molecule has 0 bridgehead atoms. The molecule has 1 heterocycles. The zero-order valence-corrected chi connectivity index (χ0v) is 11.1. The van der Waals surface area contributed by atoms with Crippen molar-refractivity contribution in [3.05, 3.63) is 53.7 Å². The van der Waals surface area contributed by atoms with Crippen LogP contribution in [0.2, 0.25) is 0 Å². The van der Waals surface area contributed by atoms with Gasteiger partial charge < -0.3 is 0 Å². The third-order valence-corrected chi connectivity index (χ3v) is 3.26. The van der Waals surface area contributed by atoms with Crippen molar-refractivity contribution in [2.75, 3.05) is 0 Å². The van der Waals surface area contributed by atoms with Crippen molar-refractivity contribution in [3.63, 3.8) is 0 Å². The standard InChI is InChI=1S/C16H20N/c1-12(2)14-9-8-13(3)15(11-14)16-7-5-6-10-17(16)4/h5-12H,1-4H3/q+1. The zero-order valence-electron chi connectivity index (χ0n) is 11.1. The maximum absolute atomic E-state index is 2.31. The summed E-state index contributed by atoms with van der Waals surface area (Å²) in [5.41, 5.74) is 5.33. The second-order valence-corrected chi connectivity index (χ2v) is 4.93. The topological polar surface area (TPSA) is 3.88 Å². The molecule has 0 saturated heterocycles. The summed E-state index contributed by atoms with van der Waals surface area (Å²) >= 11 is 0. The first kappa shape index (κ1) is 11.8. The summed E-state index contributed by atoms with van der Waals surface area (Å²) < 4.78 is 2.17. The van der Waals surface area contributed by atoms with E-state index >= 15 is 0 Å². The second kappa shape index (κ2) is 4.70. The van der Waals surface area contributed by atoms with Gasteiger partial charge in [0.05, 0.1) is 0 Å². The van der Waals surface area contributed by atoms with Crippen LogP contribution in [0.3, 0.4) is 0 Å². The van der Waals surface area contributed by atoms with Crippen LogP contribution in [0.4, 0.5) is 0 Å². The molecular weight excluding hydrogens is 206 g/mol. The van der Waals surface area contributed by atoms with Gasteiger partial charge in [0, 0.05) is 17.7 Å². The molecule has 0 aliphatic heterocycles. The molecule has 88 valence electrons. The van der Waals surface area contributed by atoms with E-state index in [-0.39, 0.29) is 0 Å². The van der Waals surface area contributed by atoms with Crippen LogP contribution in [-0.4, -0.2) is 0 Å². The molecule has 1 aromatic heterocycles. The fraction of sp³-hybridized carbons (Fsp3) is 0.312. The highest BCUT2D eigenvalue weighted by Crippen LogP contribution is 2.25. The van der Waals surface area contributed by atoms with Crippen LogP contribution in [0.5, 0.6) is 0 Å². The largest absolute Gasteiger partial charge is 0.212 e. The average Bonchev–Trinajstić information content (AvgIpc) is 2.30. The number of nitrogens with zero attached hydrogens (tertiary/aromatic N) is 1. The van der Waals surface area contributed by atoms with Gasteiger partial charge in [0.1, 0.15) is 7.05 Å². The highest BCUT2D eigenvalue weighted by atomic mass is 14.9. The van der Waals surface area contributed by atoms with Crippen molar-refractivity contribution >= 4 is 0 Å². The number of aromatic nitrogens is 1. The fourth-order valence-electron chi connectivity index (χ4n) is 2.08. The third-order valence-electron chi connectivity index (χ3n) is 3.26. The van der Waals surface area contributed by atoms with Crippen LogP contribution < -0.4 is 4.57 Å². The summed E-state index contributed by atoms with van der Waals surface area (Å²) in [6.45, 7) is 6.64. The molecule has 0 aliphatic rings. The maximum Gasteiger partial charge on any atom is 0.212 e. The molecule has 2 aromatic rings. The lowest BCUT2D eigenvalue weighted by Crippen LogP contribution is -2.30. The molecule has 17 heavy (non-hydrogen) atoms. The molecular formula is C16H20N+. The Hall–Kier alpha value is -1.63. The van der Waals surface area contributed by atoms with Gasteiger partial charge in [0.25, 0.3) is 0 Å². The highest BCUT2D eigenvalue weighted by Gasteiger charge is 2.12. The van der Waals surface area contributed by atoms with Gasteiger partial charge in [-0.3, -0.25) is 0 Å². The van der Waals surface area contributed by atoms with E-state index in [2.05, 4.69) is 75.0 Å². The molecule has 0 spiro atoms. The lowest BCUT2D eigenvalue weighted by molar-refractivity contribution is -0.660. The van der Waals surface area contributed by atoms with E-state index in [1.54, 1.807) is 0 Å². The molecule has 1 aromatic carbocycles. The number of pyridine rings is 1. The normalized spacial score (nSPS) is 10.9. The molecule has 1 heteroatoms. The Labute approximate surface area is 104 Å². The number of rotatable bonds is 2. The number of aryl methyl sites for hydroxylation is 2. The lowest BCUT2D eigenvalue weighted by Gasteiger charge is -2.10. The van der Waals surface area contributed by atoms with Crippen LogP contribution in [0, 0.1) is 6.92 Å². The van der Waals surface area contributed by atoms with Gasteiger partial charge >= 0.3 is 0 Å². The highest BCUT2D eigenvalue weighted by molar-refractivity contribution is 5.62. The van der Waals surface area contributed by atoms with Crippen LogP contribution >= 0.6 is 0 Å². The summed E-state index contributed by atoms with van der Waals surface area (Å²) in [5, 5.41) is 0. The maximum atomic E-state index is 2.31. The van der Waals surface area contributed by atoms with Gasteiger partial charge in [-0.2, -0.15) is 0 Å². The van der Waals surface area contributed by atoms with Gasteiger partial charge in [0.15, 0.2) is 6.20 Å². The molecule has 0 radical (unpaired) electrons. The van der Waals surface area contributed by atoms with Crippen LogP contribution in [0.25, 0.3) is 11.3 Å². The van der Waals surface area contributed by atoms with Crippen molar-refractivity contribution in [1.82, 2.24) is 0 Å². The predicted molar refractivity (Wildman–Crippen MR) is 71.9 cm³/mol.